The molecule has 0 aliphatic heterocycles. The average Bonchev–Trinajstić information content (AvgIpc) is 2.11. The van der Waals surface area contributed by atoms with Crippen LogP contribution in [0.5, 0.6) is 5.75 Å². The Hall–Kier alpha value is -1.50. The van der Waals surface area contributed by atoms with Crippen LogP contribution < -0.4 is 15.9 Å². The van der Waals surface area contributed by atoms with Crippen LogP contribution in [0.2, 0.25) is 0 Å². The molecular weight excluding hydrogens is 213 g/mol. The molecule has 0 amide bonds. The number of pyridine rings is 1. The Morgan fingerprint density at radius 3 is 2.60 bits per heavy atom. The van der Waals surface area contributed by atoms with E-state index in [4.69, 9.17) is 5.73 Å². The summed E-state index contributed by atoms with van der Waals surface area (Å²) >= 11 is 0. The maximum Gasteiger partial charge on any atom is 0.573 e. The van der Waals surface area contributed by atoms with E-state index in [1.54, 1.807) is 0 Å². The summed E-state index contributed by atoms with van der Waals surface area (Å²) in [5.74, 6) is -0.780. The third-order valence-electron chi connectivity index (χ3n) is 1.82. The highest BCUT2D eigenvalue weighted by molar-refractivity contribution is 5.28. The average molecular weight is 222 g/mol. The Kier molecular flexibility index (Phi) is 3.04. The van der Waals surface area contributed by atoms with Crippen molar-refractivity contribution in [2.45, 2.75) is 19.8 Å². The molecule has 84 valence electrons. The minimum Gasteiger partial charge on any atom is -0.400 e. The second-order valence-electron chi connectivity index (χ2n) is 2.84. The van der Waals surface area contributed by atoms with Gasteiger partial charge in [0.15, 0.2) is 5.75 Å². The minimum atomic E-state index is -4.87. The molecule has 0 aliphatic rings. The number of ether oxygens (including phenoxy) is 1. The van der Waals surface area contributed by atoms with Crippen LogP contribution in [0.3, 0.4) is 0 Å². The molecule has 0 radical (unpaired) electrons. The number of H-pyrrole nitrogens is 1. The number of hydrogen-bond acceptors (Lipinski definition) is 3. The van der Waals surface area contributed by atoms with Gasteiger partial charge < -0.3 is 15.5 Å². The lowest BCUT2D eigenvalue weighted by molar-refractivity contribution is -0.275. The largest absolute Gasteiger partial charge is 0.573 e. The van der Waals surface area contributed by atoms with E-state index in [0.717, 1.165) is 6.20 Å². The molecule has 0 bridgehead atoms. The molecule has 7 heteroatoms. The van der Waals surface area contributed by atoms with Crippen LogP contribution in [0.4, 0.5) is 13.2 Å². The number of halogens is 3. The second kappa shape index (κ2) is 3.93. The molecule has 4 nitrogen and oxygen atoms in total. The molecule has 3 N–H and O–H groups in total. The van der Waals surface area contributed by atoms with Gasteiger partial charge in [-0.1, -0.05) is 0 Å². The van der Waals surface area contributed by atoms with E-state index in [1.807, 2.05) is 0 Å². The normalized spacial score (nSPS) is 11.5. The van der Waals surface area contributed by atoms with E-state index in [-0.39, 0.29) is 12.1 Å². The molecule has 0 fully saturated rings. The van der Waals surface area contributed by atoms with Gasteiger partial charge in [0.25, 0.3) is 0 Å². The molecule has 0 unspecified atom stereocenters. The quantitative estimate of drug-likeness (QED) is 0.785. The number of rotatable bonds is 2. The van der Waals surface area contributed by atoms with Crippen LogP contribution in [-0.4, -0.2) is 11.3 Å². The maximum absolute atomic E-state index is 11.8. The fourth-order valence-electron chi connectivity index (χ4n) is 1.06. The Labute approximate surface area is 82.9 Å². The van der Waals surface area contributed by atoms with Gasteiger partial charge >= 0.3 is 6.36 Å². The molecule has 1 aromatic rings. The molecule has 0 saturated carbocycles. The molecule has 0 spiro atoms. The zero-order valence-electron chi connectivity index (χ0n) is 7.81. The molecular formula is C8H9F3N2O2. The van der Waals surface area contributed by atoms with Crippen molar-refractivity contribution < 1.29 is 17.9 Å². The van der Waals surface area contributed by atoms with Crippen LogP contribution >= 0.6 is 0 Å². The molecule has 0 saturated heterocycles. The summed E-state index contributed by atoms with van der Waals surface area (Å²) in [5.41, 5.74) is 4.96. The fourth-order valence-corrected chi connectivity index (χ4v) is 1.06. The SMILES string of the molecule is Cc1c(CN)[nH]cc(OC(F)(F)F)c1=O. The van der Waals surface area contributed by atoms with Crippen molar-refractivity contribution in [1.29, 1.82) is 0 Å². The van der Waals surface area contributed by atoms with E-state index in [0.29, 0.717) is 5.69 Å². The summed E-state index contributed by atoms with van der Waals surface area (Å²) in [6.07, 6.45) is -4.02. The molecule has 15 heavy (non-hydrogen) atoms. The van der Waals surface area contributed by atoms with Gasteiger partial charge in [-0.3, -0.25) is 4.79 Å². The first-order chi connectivity index (χ1) is 6.85. The third-order valence-corrected chi connectivity index (χ3v) is 1.82. The van der Waals surface area contributed by atoms with E-state index in [2.05, 4.69) is 9.72 Å². The lowest BCUT2D eigenvalue weighted by Gasteiger charge is -2.09. The smallest absolute Gasteiger partial charge is 0.400 e. The molecule has 1 rings (SSSR count). The predicted octanol–water partition coefficient (Wildman–Crippen LogP) is 1.04. The van der Waals surface area contributed by atoms with Gasteiger partial charge in [-0.15, -0.1) is 13.2 Å². The fraction of sp³-hybridized carbons (Fsp3) is 0.375. The van der Waals surface area contributed by atoms with Crippen LogP contribution in [0.15, 0.2) is 11.0 Å². The van der Waals surface area contributed by atoms with Crippen molar-refractivity contribution in [3.8, 4) is 5.75 Å². The lowest BCUT2D eigenvalue weighted by atomic mass is 10.2. The Morgan fingerprint density at radius 2 is 2.13 bits per heavy atom. The molecule has 0 atom stereocenters. The van der Waals surface area contributed by atoms with Crippen LogP contribution in [0.1, 0.15) is 11.3 Å². The summed E-state index contributed by atoms with van der Waals surface area (Å²) < 4.78 is 39.0. The number of alkyl halides is 3. The Balaban J connectivity index is 3.13. The van der Waals surface area contributed by atoms with Gasteiger partial charge in [0.1, 0.15) is 0 Å². The van der Waals surface area contributed by atoms with Crippen molar-refractivity contribution in [3.63, 3.8) is 0 Å². The summed E-state index contributed by atoms with van der Waals surface area (Å²) in [6.45, 7) is 1.43. The number of aromatic nitrogens is 1. The zero-order chi connectivity index (χ0) is 11.6. The van der Waals surface area contributed by atoms with Crippen molar-refractivity contribution in [2.24, 2.45) is 5.73 Å². The monoisotopic (exact) mass is 222 g/mol. The number of nitrogens with two attached hydrogens (primary N) is 1. The summed E-state index contributed by atoms with van der Waals surface area (Å²) in [4.78, 5) is 13.8. The van der Waals surface area contributed by atoms with E-state index in [1.165, 1.54) is 6.92 Å². The van der Waals surface area contributed by atoms with E-state index >= 15 is 0 Å². The highest BCUT2D eigenvalue weighted by Gasteiger charge is 2.32. The Bertz CT molecular complexity index is 411. The minimum absolute atomic E-state index is 0.0490. The van der Waals surface area contributed by atoms with Gasteiger partial charge in [0, 0.05) is 24.0 Å². The van der Waals surface area contributed by atoms with Crippen molar-refractivity contribution in [1.82, 2.24) is 4.98 Å². The van der Waals surface area contributed by atoms with Crippen molar-refractivity contribution >= 4 is 0 Å². The van der Waals surface area contributed by atoms with Crippen molar-refractivity contribution in [2.75, 3.05) is 0 Å². The topological polar surface area (TPSA) is 68.1 Å². The standard InChI is InChI=1S/C8H9F3N2O2/c1-4-5(2-12)13-3-6(7(4)14)15-8(9,10)11/h3H,2,12H2,1H3,(H,13,14). The van der Waals surface area contributed by atoms with Gasteiger partial charge in [0.05, 0.1) is 0 Å². The molecule has 0 aliphatic carbocycles. The summed E-state index contributed by atoms with van der Waals surface area (Å²) in [5, 5.41) is 0. The Morgan fingerprint density at radius 1 is 1.53 bits per heavy atom. The van der Waals surface area contributed by atoms with Gasteiger partial charge in [-0.25, -0.2) is 0 Å². The van der Waals surface area contributed by atoms with Crippen molar-refractivity contribution in [3.05, 3.63) is 27.7 Å². The van der Waals surface area contributed by atoms with Gasteiger partial charge in [-0.2, -0.15) is 0 Å². The first kappa shape index (κ1) is 11.6. The molecule has 1 heterocycles. The first-order valence-corrected chi connectivity index (χ1v) is 4.02. The van der Waals surface area contributed by atoms with Crippen LogP contribution in [0.25, 0.3) is 0 Å². The predicted molar refractivity (Wildman–Crippen MR) is 46.4 cm³/mol. The highest BCUT2D eigenvalue weighted by atomic mass is 19.4. The zero-order valence-corrected chi connectivity index (χ0v) is 7.81. The lowest BCUT2D eigenvalue weighted by Crippen LogP contribution is -2.24. The highest BCUT2D eigenvalue weighted by Crippen LogP contribution is 2.19. The first-order valence-electron chi connectivity index (χ1n) is 4.02. The van der Waals surface area contributed by atoms with Gasteiger partial charge in [-0.05, 0) is 6.92 Å². The second-order valence-corrected chi connectivity index (χ2v) is 2.84. The number of hydrogen-bond donors (Lipinski definition) is 2. The van der Waals surface area contributed by atoms with Gasteiger partial charge in [0.2, 0.25) is 5.43 Å². The number of aromatic amines is 1. The maximum atomic E-state index is 11.8. The van der Waals surface area contributed by atoms with Crippen LogP contribution in [0, 0.1) is 6.92 Å². The number of nitrogens with one attached hydrogen (secondary N) is 1. The summed E-state index contributed by atoms with van der Waals surface area (Å²) in [7, 11) is 0. The van der Waals surface area contributed by atoms with E-state index < -0.39 is 17.5 Å². The van der Waals surface area contributed by atoms with Crippen LogP contribution in [-0.2, 0) is 6.54 Å². The molecule has 1 aromatic heterocycles. The van der Waals surface area contributed by atoms with E-state index in [9.17, 15) is 18.0 Å². The third kappa shape index (κ3) is 2.72. The summed E-state index contributed by atoms with van der Waals surface area (Å²) in [6, 6.07) is 0. The molecule has 0 aromatic carbocycles.